The molecular formula is C17H16N4O3. The SMILES string of the molecule is COc1ccc(N=Nc2c(CC(=O)O)nc3c(C)cccn23)cc1. The first kappa shape index (κ1) is 15.7. The van der Waals surface area contributed by atoms with E-state index in [-0.39, 0.29) is 6.42 Å². The molecule has 3 rings (SSSR count). The third-order valence-electron chi connectivity index (χ3n) is 3.54. The Balaban J connectivity index is 2.04. The molecule has 2 heterocycles. The molecule has 24 heavy (non-hydrogen) atoms. The van der Waals surface area contributed by atoms with E-state index >= 15 is 0 Å². The fourth-order valence-electron chi connectivity index (χ4n) is 2.36. The van der Waals surface area contributed by atoms with Crippen LogP contribution in [-0.2, 0) is 11.2 Å². The van der Waals surface area contributed by atoms with Crippen molar-refractivity contribution < 1.29 is 14.6 Å². The van der Waals surface area contributed by atoms with E-state index in [4.69, 9.17) is 9.84 Å². The molecule has 122 valence electrons. The van der Waals surface area contributed by atoms with Gasteiger partial charge < -0.3 is 9.84 Å². The normalized spacial score (nSPS) is 11.2. The molecule has 0 fully saturated rings. The molecule has 0 aliphatic carbocycles. The van der Waals surface area contributed by atoms with Gasteiger partial charge >= 0.3 is 5.97 Å². The summed E-state index contributed by atoms with van der Waals surface area (Å²) in [6.07, 6.45) is 1.58. The number of imidazole rings is 1. The van der Waals surface area contributed by atoms with Crippen LogP contribution in [0.4, 0.5) is 11.5 Å². The van der Waals surface area contributed by atoms with Crippen LogP contribution in [0.3, 0.4) is 0 Å². The van der Waals surface area contributed by atoms with Gasteiger partial charge in [-0.2, -0.15) is 0 Å². The number of nitrogens with zero attached hydrogens (tertiary/aromatic N) is 4. The maximum absolute atomic E-state index is 11.1. The van der Waals surface area contributed by atoms with Gasteiger partial charge in [0.25, 0.3) is 0 Å². The number of hydrogen-bond donors (Lipinski definition) is 1. The van der Waals surface area contributed by atoms with E-state index < -0.39 is 5.97 Å². The molecule has 0 bridgehead atoms. The summed E-state index contributed by atoms with van der Waals surface area (Å²) in [7, 11) is 1.59. The number of ether oxygens (including phenoxy) is 1. The van der Waals surface area contributed by atoms with E-state index in [1.54, 1.807) is 42.0 Å². The molecule has 0 radical (unpaired) electrons. The third-order valence-corrected chi connectivity index (χ3v) is 3.54. The highest BCUT2D eigenvalue weighted by Gasteiger charge is 2.15. The molecule has 0 saturated carbocycles. The number of hydrogen-bond acceptors (Lipinski definition) is 5. The fraction of sp³-hybridized carbons (Fsp3) is 0.176. The zero-order valence-corrected chi connectivity index (χ0v) is 13.3. The van der Waals surface area contributed by atoms with E-state index in [2.05, 4.69) is 15.2 Å². The molecule has 1 N–H and O–H groups in total. The molecule has 0 atom stereocenters. The Labute approximate surface area is 138 Å². The number of carboxylic acid groups (broad SMARTS) is 1. The number of azo groups is 1. The lowest BCUT2D eigenvalue weighted by molar-refractivity contribution is -0.136. The molecule has 0 aliphatic heterocycles. The van der Waals surface area contributed by atoms with E-state index in [1.807, 2.05) is 19.1 Å². The predicted molar refractivity (Wildman–Crippen MR) is 88.4 cm³/mol. The minimum absolute atomic E-state index is 0.210. The monoisotopic (exact) mass is 324 g/mol. The maximum Gasteiger partial charge on any atom is 0.309 e. The third kappa shape index (κ3) is 3.10. The van der Waals surface area contributed by atoms with Crippen molar-refractivity contribution in [1.82, 2.24) is 9.38 Å². The first-order valence-electron chi connectivity index (χ1n) is 7.32. The van der Waals surface area contributed by atoms with Crippen molar-refractivity contribution in [3.8, 4) is 5.75 Å². The average Bonchev–Trinajstić information content (AvgIpc) is 2.91. The lowest BCUT2D eigenvalue weighted by atomic mass is 10.3. The van der Waals surface area contributed by atoms with Crippen molar-refractivity contribution in [2.45, 2.75) is 13.3 Å². The minimum Gasteiger partial charge on any atom is -0.497 e. The van der Waals surface area contributed by atoms with Gasteiger partial charge in [0, 0.05) is 6.20 Å². The Morgan fingerprint density at radius 1 is 1.25 bits per heavy atom. The van der Waals surface area contributed by atoms with Crippen molar-refractivity contribution in [3.63, 3.8) is 0 Å². The summed E-state index contributed by atoms with van der Waals surface area (Å²) in [6, 6.07) is 10.9. The second-order valence-electron chi connectivity index (χ2n) is 5.24. The fourth-order valence-corrected chi connectivity index (χ4v) is 2.36. The Hall–Kier alpha value is -3.22. The maximum atomic E-state index is 11.1. The number of carboxylic acids is 1. The van der Waals surface area contributed by atoms with E-state index in [1.165, 1.54) is 0 Å². The highest BCUT2D eigenvalue weighted by Crippen LogP contribution is 2.26. The molecule has 0 aliphatic rings. The minimum atomic E-state index is -0.961. The van der Waals surface area contributed by atoms with Crippen LogP contribution >= 0.6 is 0 Å². The smallest absolute Gasteiger partial charge is 0.309 e. The largest absolute Gasteiger partial charge is 0.497 e. The van der Waals surface area contributed by atoms with Gasteiger partial charge in [0.1, 0.15) is 11.4 Å². The van der Waals surface area contributed by atoms with Crippen LogP contribution in [0.5, 0.6) is 5.75 Å². The number of fused-ring (bicyclic) bond motifs is 1. The van der Waals surface area contributed by atoms with Gasteiger partial charge in [-0.05, 0) is 42.8 Å². The molecule has 7 nitrogen and oxygen atoms in total. The van der Waals surface area contributed by atoms with Crippen molar-refractivity contribution in [2.24, 2.45) is 10.2 Å². The second-order valence-corrected chi connectivity index (χ2v) is 5.24. The zero-order chi connectivity index (χ0) is 17.1. The Morgan fingerprint density at radius 2 is 2.00 bits per heavy atom. The highest BCUT2D eigenvalue weighted by molar-refractivity contribution is 5.72. The number of aliphatic carboxylic acids is 1. The van der Waals surface area contributed by atoms with Crippen LogP contribution in [0.2, 0.25) is 0 Å². The van der Waals surface area contributed by atoms with Crippen molar-refractivity contribution in [2.75, 3.05) is 7.11 Å². The van der Waals surface area contributed by atoms with Crippen molar-refractivity contribution in [1.29, 1.82) is 0 Å². The van der Waals surface area contributed by atoms with Gasteiger partial charge in [-0.1, -0.05) is 6.07 Å². The summed E-state index contributed by atoms with van der Waals surface area (Å²) in [6.45, 7) is 1.91. The van der Waals surface area contributed by atoms with Crippen LogP contribution < -0.4 is 4.74 Å². The quantitative estimate of drug-likeness (QED) is 0.725. The first-order valence-corrected chi connectivity index (χ1v) is 7.32. The van der Waals surface area contributed by atoms with E-state index in [0.29, 0.717) is 22.8 Å². The molecular weight excluding hydrogens is 308 g/mol. The Bertz CT molecular complexity index is 913. The second kappa shape index (κ2) is 6.49. The van der Waals surface area contributed by atoms with Crippen molar-refractivity contribution in [3.05, 3.63) is 53.9 Å². The topological polar surface area (TPSA) is 88.5 Å². The summed E-state index contributed by atoms with van der Waals surface area (Å²) in [4.78, 5) is 15.5. The van der Waals surface area contributed by atoms with Gasteiger partial charge in [0.15, 0.2) is 5.82 Å². The Morgan fingerprint density at radius 3 is 2.67 bits per heavy atom. The average molecular weight is 324 g/mol. The molecule has 7 heteroatoms. The summed E-state index contributed by atoms with van der Waals surface area (Å²) < 4.78 is 6.85. The number of pyridine rings is 1. The summed E-state index contributed by atoms with van der Waals surface area (Å²) >= 11 is 0. The number of methoxy groups -OCH3 is 1. The highest BCUT2D eigenvalue weighted by atomic mass is 16.5. The van der Waals surface area contributed by atoms with Crippen LogP contribution in [0, 0.1) is 6.92 Å². The summed E-state index contributed by atoms with van der Waals surface area (Å²) in [5, 5.41) is 17.5. The van der Waals surface area contributed by atoms with Gasteiger partial charge in [-0.3, -0.25) is 9.20 Å². The number of carbonyl (C=O) groups is 1. The lowest BCUT2D eigenvalue weighted by Crippen LogP contribution is -2.00. The predicted octanol–water partition coefficient (Wildman–Crippen LogP) is 3.69. The molecule has 0 spiro atoms. The van der Waals surface area contributed by atoms with Crippen LogP contribution in [0.15, 0.2) is 52.8 Å². The van der Waals surface area contributed by atoms with Gasteiger partial charge in [0.05, 0.1) is 24.9 Å². The molecule has 3 aromatic rings. The molecule has 1 aromatic carbocycles. The lowest BCUT2D eigenvalue weighted by Gasteiger charge is -2.00. The molecule has 2 aromatic heterocycles. The number of aryl methyl sites for hydroxylation is 1. The van der Waals surface area contributed by atoms with E-state index in [9.17, 15) is 4.79 Å². The number of benzene rings is 1. The number of aromatic nitrogens is 2. The summed E-state index contributed by atoms with van der Waals surface area (Å²) in [5.41, 5.74) is 2.64. The van der Waals surface area contributed by atoms with Gasteiger partial charge in [0.2, 0.25) is 0 Å². The van der Waals surface area contributed by atoms with Crippen LogP contribution in [0.1, 0.15) is 11.3 Å². The van der Waals surface area contributed by atoms with Gasteiger partial charge in [-0.15, -0.1) is 10.2 Å². The molecule has 0 amide bonds. The van der Waals surface area contributed by atoms with E-state index in [0.717, 1.165) is 11.3 Å². The van der Waals surface area contributed by atoms with Crippen LogP contribution in [0.25, 0.3) is 5.65 Å². The van der Waals surface area contributed by atoms with Crippen molar-refractivity contribution >= 4 is 23.1 Å². The standard InChI is InChI=1S/C17H16N4O3/c1-11-4-3-9-21-16(11)18-14(10-15(22)23)17(21)20-19-12-5-7-13(24-2)8-6-12/h3-9H,10H2,1-2H3,(H,22,23). The zero-order valence-electron chi connectivity index (χ0n) is 13.3. The van der Waals surface area contributed by atoms with Gasteiger partial charge in [-0.25, -0.2) is 4.98 Å². The molecule has 0 saturated heterocycles. The summed E-state index contributed by atoms with van der Waals surface area (Å²) in [5.74, 6) is 0.190. The first-order chi connectivity index (χ1) is 11.6. The molecule has 0 unspecified atom stereocenters. The Kier molecular flexibility index (Phi) is 4.24. The van der Waals surface area contributed by atoms with Crippen LogP contribution in [-0.4, -0.2) is 27.6 Å². The number of rotatable bonds is 5.